The number of aliphatic hydroxyl groups excluding tert-OH is 1. The maximum absolute atomic E-state index is 12.4. The Morgan fingerprint density at radius 1 is 1.33 bits per heavy atom. The molecule has 2 aromatic rings. The molecule has 5 heteroatoms. The van der Waals surface area contributed by atoms with Crippen molar-refractivity contribution in [3.05, 3.63) is 52.6 Å². The van der Waals surface area contributed by atoms with Gasteiger partial charge < -0.3 is 15.4 Å². The Kier molecular flexibility index (Phi) is 4.43. The lowest BCUT2D eigenvalue weighted by Gasteiger charge is -2.13. The zero-order valence-corrected chi connectivity index (χ0v) is 12.8. The second kappa shape index (κ2) is 6.10. The van der Waals surface area contributed by atoms with Crippen molar-refractivity contribution < 1.29 is 9.90 Å². The van der Waals surface area contributed by atoms with Crippen LogP contribution < -0.4 is 5.32 Å². The molecular formula is C16H21N3O2. The van der Waals surface area contributed by atoms with E-state index in [1.165, 1.54) is 0 Å². The Balaban J connectivity index is 2.20. The van der Waals surface area contributed by atoms with Crippen LogP contribution in [0.3, 0.4) is 0 Å². The van der Waals surface area contributed by atoms with Crippen molar-refractivity contribution in [1.29, 1.82) is 0 Å². The van der Waals surface area contributed by atoms with E-state index in [2.05, 4.69) is 15.3 Å². The first-order chi connectivity index (χ1) is 9.91. The number of aromatic amines is 1. The summed E-state index contributed by atoms with van der Waals surface area (Å²) in [4.78, 5) is 19.7. The number of nitrogens with zero attached hydrogens (tertiary/aromatic N) is 1. The van der Waals surface area contributed by atoms with E-state index in [-0.39, 0.29) is 11.9 Å². The molecule has 21 heavy (non-hydrogen) atoms. The van der Waals surface area contributed by atoms with Gasteiger partial charge in [-0.05, 0) is 45.4 Å². The maximum atomic E-state index is 12.4. The van der Waals surface area contributed by atoms with Gasteiger partial charge in [-0.2, -0.15) is 0 Å². The predicted octanol–water partition coefficient (Wildman–Crippen LogP) is 2.57. The molecule has 3 N–H and O–H groups in total. The van der Waals surface area contributed by atoms with Gasteiger partial charge in [0.05, 0.1) is 17.8 Å². The maximum Gasteiger partial charge on any atom is 0.268 e. The number of aliphatic hydroxyl groups is 1. The van der Waals surface area contributed by atoms with Crippen LogP contribution in [0, 0.1) is 13.8 Å². The van der Waals surface area contributed by atoms with E-state index in [1.54, 1.807) is 13.1 Å². The number of carbonyl (C=O) groups excluding carboxylic acids is 1. The van der Waals surface area contributed by atoms with Crippen LogP contribution in [0.25, 0.3) is 0 Å². The molecule has 2 aromatic heterocycles. The standard InChI is InChI=1S/C16H21N3O2/c1-9-14(12(4)20)11(3)18-15(9)16(21)19-10(2)13-7-5-6-8-17-13/h5-8,10,12,18,20H,1-4H3,(H,19,21)/t10-,12+/m1/s1. The molecule has 2 rings (SSSR count). The number of nitrogens with one attached hydrogen (secondary N) is 2. The lowest BCUT2D eigenvalue weighted by Crippen LogP contribution is -2.28. The smallest absolute Gasteiger partial charge is 0.268 e. The third-order valence-corrected chi connectivity index (χ3v) is 3.62. The van der Waals surface area contributed by atoms with E-state index < -0.39 is 6.10 Å². The zero-order valence-electron chi connectivity index (χ0n) is 12.8. The van der Waals surface area contributed by atoms with E-state index >= 15 is 0 Å². The SMILES string of the molecule is Cc1[nH]c(C(=O)N[C@H](C)c2ccccn2)c(C)c1[C@H](C)O. The molecule has 2 atom stereocenters. The molecule has 0 saturated carbocycles. The van der Waals surface area contributed by atoms with Crippen LogP contribution in [-0.4, -0.2) is 21.0 Å². The van der Waals surface area contributed by atoms with Crippen molar-refractivity contribution in [2.24, 2.45) is 0 Å². The minimum Gasteiger partial charge on any atom is -0.389 e. The summed E-state index contributed by atoms with van der Waals surface area (Å²) < 4.78 is 0. The highest BCUT2D eigenvalue weighted by Crippen LogP contribution is 2.24. The molecular weight excluding hydrogens is 266 g/mol. The van der Waals surface area contributed by atoms with Gasteiger partial charge in [0, 0.05) is 17.5 Å². The van der Waals surface area contributed by atoms with Gasteiger partial charge in [-0.15, -0.1) is 0 Å². The molecule has 0 aliphatic carbocycles. The fourth-order valence-electron chi connectivity index (χ4n) is 2.59. The number of amides is 1. The van der Waals surface area contributed by atoms with Crippen molar-refractivity contribution in [3.63, 3.8) is 0 Å². The molecule has 0 bridgehead atoms. The number of aryl methyl sites for hydroxylation is 1. The van der Waals surface area contributed by atoms with Gasteiger partial charge in [-0.25, -0.2) is 0 Å². The van der Waals surface area contributed by atoms with E-state index in [0.717, 1.165) is 22.5 Å². The van der Waals surface area contributed by atoms with Crippen LogP contribution >= 0.6 is 0 Å². The Morgan fingerprint density at radius 3 is 2.57 bits per heavy atom. The van der Waals surface area contributed by atoms with Crippen LogP contribution in [-0.2, 0) is 0 Å². The summed E-state index contributed by atoms with van der Waals surface area (Å²) in [6.45, 7) is 7.28. The average Bonchev–Trinajstić information content (AvgIpc) is 2.75. The molecule has 112 valence electrons. The van der Waals surface area contributed by atoms with Crippen molar-refractivity contribution in [3.8, 4) is 0 Å². The van der Waals surface area contributed by atoms with Gasteiger partial charge in [0.1, 0.15) is 5.69 Å². The van der Waals surface area contributed by atoms with Crippen molar-refractivity contribution in [1.82, 2.24) is 15.3 Å². The summed E-state index contributed by atoms with van der Waals surface area (Å²) >= 11 is 0. The largest absolute Gasteiger partial charge is 0.389 e. The highest BCUT2D eigenvalue weighted by molar-refractivity contribution is 5.94. The molecule has 0 saturated heterocycles. The Labute approximate surface area is 124 Å². The fourth-order valence-corrected chi connectivity index (χ4v) is 2.59. The lowest BCUT2D eigenvalue weighted by molar-refractivity contribution is 0.0934. The van der Waals surface area contributed by atoms with Gasteiger partial charge in [0.25, 0.3) is 5.91 Å². The van der Waals surface area contributed by atoms with Gasteiger partial charge in [0.15, 0.2) is 0 Å². The van der Waals surface area contributed by atoms with Crippen molar-refractivity contribution >= 4 is 5.91 Å². The zero-order chi connectivity index (χ0) is 15.6. The van der Waals surface area contributed by atoms with Gasteiger partial charge in [-0.1, -0.05) is 6.07 Å². The minimum absolute atomic E-state index is 0.184. The number of hydrogen-bond donors (Lipinski definition) is 3. The van der Waals surface area contributed by atoms with Gasteiger partial charge >= 0.3 is 0 Å². The number of hydrogen-bond acceptors (Lipinski definition) is 3. The highest BCUT2D eigenvalue weighted by atomic mass is 16.3. The number of rotatable bonds is 4. The number of aromatic nitrogens is 2. The lowest BCUT2D eigenvalue weighted by atomic mass is 10.1. The number of H-pyrrole nitrogens is 1. The summed E-state index contributed by atoms with van der Waals surface area (Å²) in [6, 6.07) is 5.42. The third-order valence-electron chi connectivity index (χ3n) is 3.62. The fraction of sp³-hybridized carbons (Fsp3) is 0.375. The molecule has 0 aliphatic heterocycles. The van der Waals surface area contributed by atoms with Crippen LogP contribution in [0.2, 0.25) is 0 Å². The van der Waals surface area contributed by atoms with E-state index in [9.17, 15) is 9.90 Å². The molecule has 0 radical (unpaired) electrons. The van der Waals surface area contributed by atoms with Crippen LogP contribution in [0.1, 0.15) is 59.0 Å². The quantitative estimate of drug-likeness (QED) is 0.808. The van der Waals surface area contributed by atoms with Crippen molar-refractivity contribution in [2.75, 3.05) is 0 Å². The first-order valence-corrected chi connectivity index (χ1v) is 7.00. The van der Waals surface area contributed by atoms with E-state index in [4.69, 9.17) is 0 Å². The van der Waals surface area contributed by atoms with Crippen molar-refractivity contribution in [2.45, 2.75) is 39.8 Å². The summed E-state index contributed by atoms with van der Waals surface area (Å²) in [5.74, 6) is -0.194. The Hall–Kier alpha value is -2.14. The molecule has 0 spiro atoms. The first-order valence-electron chi connectivity index (χ1n) is 7.00. The Morgan fingerprint density at radius 2 is 2.05 bits per heavy atom. The molecule has 0 aliphatic rings. The van der Waals surface area contributed by atoms with Gasteiger partial charge in [-0.3, -0.25) is 9.78 Å². The molecule has 5 nitrogen and oxygen atoms in total. The average molecular weight is 287 g/mol. The number of carbonyl (C=O) groups is 1. The monoisotopic (exact) mass is 287 g/mol. The highest BCUT2D eigenvalue weighted by Gasteiger charge is 2.21. The topological polar surface area (TPSA) is 78.0 Å². The molecule has 0 unspecified atom stereocenters. The summed E-state index contributed by atoms with van der Waals surface area (Å²) in [5, 5.41) is 12.7. The third kappa shape index (κ3) is 3.13. The van der Waals surface area contributed by atoms with Crippen LogP contribution in [0.4, 0.5) is 0 Å². The van der Waals surface area contributed by atoms with Crippen LogP contribution in [0.15, 0.2) is 24.4 Å². The van der Waals surface area contributed by atoms with E-state index in [1.807, 2.05) is 39.0 Å². The second-order valence-corrected chi connectivity index (χ2v) is 5.29. The molecule has 1 amide bonds. The minimum atomic E-state index is -0.601. The van der Waals surface area contributed by atoms with Gasteiger partial charge in [0.2, 0.25) is 0 Å². The summed E-state index contributed by atoms with van der Waals surface area (Å²) in [5.41, 5.74) is 3.69. The van der Waals surface area contributed by atoms with Crippen LogP contribution in [0.5, 0.6) is 0 Å². The predicted molar refractivity (Wildman–Crippen MR) is 81.0 cm³/mol. The second-order valence-electron chi connectivity index (χ2n) is 5.29. The normalized spacial score (nSPS) is 13.8. The summed E-state index contributed by atoms with van der Waals surface area (Å²) in [6.07, 6.45) is 1.10. The molecule has 0 fully saturated rings. The number of pyridine rings is 1. The first kappa shape index (κ1) is 15.3. The summed E-state index contributed by atoms with van der Waals surface area (Å²) in [7, 11) is 0. The molecule has 2 heterocycles. The Bertz CT molecular complexity index is 632. The van der Waals surface area contributed by atoms with E-state index in [0.29, 0.717) is 5.69 Å². The molecule has 0 aromatic carbocycles.